The van der Waals surface area contributed by atoms with Crippen molar-refractivity contribution in [3.8, 4) is 28.3 Å². The molecule has 2 nitrogen and oxygen atoms in total. The number of ether oxygens (including phenoxy) is 1. The molecule has 2 aliphatic rings. The number of hydrogen-bond donors (Lipinski definition) is 0. The molecule has 10 rings (SSSR count). The maximum absolute atomic E-state index is 6.88. The van der Waals surface area contributed by atoms with Crippen LogP contribution < -0.4 is 4.74 Å². The average molecular weight is 562 g/mol. The molecule has 0 saturated heterocycles. The third kappa shape index (κ3) is 2.90. The van der Waals surface area contributed by atoms with Crippen molar-refractivity contribution < 1.29 is 4.74 Å². The van der Waals surface area contributed by atoms with Gasteiger partial charge in [0.05, 0.1) is 16.4 Å². The Morgan fingerprint density at radius 2 is 1.16 bits per heavy atom. The lowest BCUT2D eigenvalue weighted by atomic mass is 9.66. The fourth-order valence-electron chi connectivity index (χ4n) is 8.11. The smallest absolute Gasteiger partial charge is 0.134 e. The van der Waals surface area contributed by atoms with Crippen molar-refractivity contribution in [3.63, 3.8) is 0 Å². The van der Waals surface area contributed by atoms with Gasteiger partial charge in [-0.15, -0.1) is 0 Å². The molecule has 1 aliphatic heterocycles. The standard InChI is InChI=1S/C42H27NO/c1-26-18-21-28(22-19-26)43-37-23-20-27-10-2-3-11-29(27)41(37)32-24-36-40(25-38(32)43)44-39-17-9-8-16-35(39)42(36)33-14-6-4-12-30(33)31-13-5-7-15-34(31)42/h2-25H,1H3. The normalized spacial score (nSPS) is 13.9. The van der Waals surface area contributed by atoms with E-state index in [1.165, 1.54) is 66.0 Å². The highest BCUT2D eigenvalue weighted by atomic mass is 16.5. The first-order valence-corrected chi connectivity index (χ1v) is 15.3. The van der Waals surface area contributed by atoms with E-state index in [4.69, 9.17) is 4.74 Å². The van der Waals surface area contributed by atoms with Gasteiger partial charge in [0.15, 0.2) is 0 Å². The van der Waals surface area contributed by atoms with Gasteiger partial charge in [-0.05, 0) is 70.3 Å². The number of fused-ring (bicyclic) bond motifs is 14. The second kappa shape index (κ2) is 8.49. The van der Waals surface area contributed by atoms with E-state index in [0.29, 0.717) is 0 Å². The number of hydrogen-bond acceptors (Lipinski definition) is 1. The first-order valence-electron chi connectivity index (χ1n) is 15.3. The largest absolute Gasteiger partial charge is 0.457 e. The van der Waals surface area contributed by atoms with Crippen molar-refractivity contribution >= 4 is 32.6 Å². The predicted molar refractivity (Wildman–Crippen MR) is 180 cm³/mol. The van der Waals surface area contributed by atoms with Gasteiger partial charge in [-0.25, -0.2) is 0 Å². The molecule has 206 valence electrons. The summed E-state index contributed by atoms with van der Waals surface area (Å²) in [5, 5.41) is 5.02. The van der Waals surface area contributed by atoms with Crippen LogP contribution in [0.2, 0.25) is 0 Å². The van der Waals surface area contributed by atoms with Gasteiger partial charge in [0.25, 0.3) is 0 Å². The van der Waals surface area contributed by atoms with Crippen molar-refractivity contribution in [2.24, 2.45) is 0 Å². The number of benzene rings is 7. The van der Waals surface area contributed by atoms with Gasteiger partial charge in [-0.2, -0.15) is 0 Å². The molecule has 8 aromatic rings. The van der Waals surface area contributed by atoms with E-state index < -0.39 is 5.41 Å². The van der Waals surface area contributed by atoms with Gasteiger partial charge in [0, 0.05) is 33.7 Å². The summed E-state index contributed by atoms with van der Waals surface area (Å²) < 4.78 is 9.29. The predicted octanol–water partition coefficient (Wildman–Crippen LogP) is 10.7. The highest BCUT2D eigenvalue weighted by Crippen LogP contribution is 2.62. The maximum atomic E-state index is 6.88. The summed E-state index contributed by atoms with van der Waals surface area (Å²) in [5.41, 5.74) is 11.8. The van der Waals surface area contributed by atoms with Crippen molar-refractivity contribution in [1.82, 2.24) is 4.57 Å². The monoisotopic (exact) mass is 561 g/mol. The van der Waals surface area contributed by atoms with Gasteiger partial charge < -0.3 is 9.30 Å². The first kappa shape index (κ1) is 23.9. The van der Waals surface area contributed by atoms with E-state index in [9.17, 15) is 0 Å². The second-order valence-electron chi connectivity index (χ2n) is 12.2. The summed E-state index contributed by atoms with van der Waals surface area (Å²) in [5.74, 6) is 1.82. The Kier molecular flexibility index (Phi) is 4.61. The van der Waals surface area contributed by atoms with Crippen molar-refractivity contribution in [2.45, 2.75) is 12.3 Å². The molecule has 0 bridgehead atoms. The minimum Gasteiger partial charge on any atom is -0.457 e. The van der Waals surface area contributed by atoms with Crippen LogP contribution in [0.25, 0.3) is 49.4 Å². The SMILES string of the molecule is Cc1ccc(-n2c3cc4c(cc3c3c5ccccc5ccc32)C2(c3ccccc3O4)c3ccccc3-c3ccccc32)cc1. The van der Waals surface area contributed by atoms with E-state index in [1.807, 2.05) is 0 Å². The first-order chi connectivity index (χ1) is 21.7. The van der Waals surface area contributed by atoms with Crippen molar-refractivity contribution in [3.05, 3.63) is 173 Å². The molecular formula is C42H27NO. The van der Waals surface area contributed by atoms with Crippen LogP contribution in [0.1, 0.15) is 27.8 Å². The molecular weight excluding hydrogens is 534 g/mol. The molecule has 1 aliphatic carbocycles. The lowest BCUT2D eigenvalue weighted by Gasteiger charge is -2.39. The van der Waals surface area contributed by atoms with E-state index in [-0.39, 0.29) is 0 Å². The third-order valence-electron chi connectivity index (χ3n) is 9.92. The molecule has 44 heavy (non-hydrogen) atoms. The zero-order valence-corrected chi connectivity index (χ0v) is 24.2. The van der Waals surface area contributed by atoms with Gasteiger partial charge >= 0.3 is 0 Å². The Balaban J connectivity index is 1.42. The molecule has 1 spiro atoms. The molecule has 1 aromatic heterocycles. The van der Waals surface area contributed by atoms with E-state index in [2.05, 4.69) is 157 Å². The Hall–Kier alpha value is -5.60. The number of para-hydroxylation sites is 1. The fraction of sp³-hybridized carbons (Fsp3) is 0.0476. The summed E-state index contributed by atoms with van der Waals surface area (Å²) in [6, 6.07) is 53.3. The number of nitrogens with zero attached hydrogens (tertiary/aromatic N) is 1. The Bertz CT molecular complexity index is 2430. The minimum atomic E-state index is -0.492. The van der Waals surface area contributed by atoms with Crippen LogP contribution in [0, 0.1) is 6.92 Å². The lowest BCUT2D eigenvalue weighted by molar-refractivity contribution is 0.437. The van der Waals surface area contributed by atoms with Crippen LogP contribution in [0.4, 0.5) is 0 Å². The molecule has 0 N–H and O–H groups in total. The van der Waals surface area contributed by atoms with E-state index >= 15 is 0 Å². The topological polar surface area (TPSA) is 14.2 Å². The summed E-state index contributed by atoms with van der Waals surface area (Å²) in [6.07, 6.45) is 0. The second-order valence-corrected chi connectivity index (χ2v) is 12.2. The molecule has 0 atom stereocenters. The summed E-state index contributed by atoms with van der Waals surface area (Å²) >= 11 is 0. The fourth-order valence-corrected chi connectivity index (χ4v) is 8.11. The maximum Gasteiger partial charge on any atom is 0.134 e. The summed E-state index contributed by atoms with van der Waals surface area (Å²) in [6.45, 7) is 2.14. The van der Waals surface area contributed by atoms with Crippen molar-refractivity contribution in [2.75, 3.05) is 0 Å². The molecule has 2 heterocycles. The number of rotatable bonds is 1. The minimum absolute atomic E-state index is 0.492. The van der Waals surface area contributed by atoms with Crippen LogP contribution in [0.5, 0.6) is 11.5 Å². The molecule has 0 fully saturated rings. The van der Waals surface area contributed by atoms with Crippen LogP contribution in [0.15, 0.2) is 146 Å². The van der Waals surface area contributed by atoms with Gasteiger partial charge in [0.1, 0.15) is 11.5 Å². The molecule has 0 amide bonds. The van der Waals surface area contributed by atoms with Gasteiger partial charge in [-0.1, -0.05) is 115 Å². The zero-order chi connectivity index (χ0) is 29.0. The molecule has 7 aromatic carbocycles. The summed E-state index contributed by atoms with van der Waals surface area (Å²) in [4.78, 5) is 0. The molecule has 0 saturated carbocycles. The van der Waals surface area contributed by atoms with Crippen LogP contribution >= 0.6 is 0 Å². The Morgan fingerprint density at radius 1 is 0.500 bits per heavy atom. The highest BCUT2D eigenvalue weighted by Gasteiger charge is 2.51. The van der Waals surface area contributed by atoms with E-state index in [1.54, 1.807) is 0 Å². The number of aryl methyl sites for hydroxylation is 1. The van der Waals surface area contributed by atoms with Gasteiger partial charge in [-0.3, -0.25) is 0 Å². The molecule has 0 unspecified atom stereocenters. The van der Waals surface area contributed by atoms with E-state index in [0.717, 1.165) is 22.7 Å². The highest BCUT2D eigenvalue weighted by molar-refractivity contribution is 6.22. The van der Waals surface area contributed by atoms with Crippen LogP contribution in [0.3, 0.4) is 0 Å². The van der Waals surface area contributed by atoms with Gasteiger partial charge in [0.2, 0.25) is 0 Å². The summed E-state index contributed by atoms with van der Waals surface area (Å²) in [7, 11) is 0. The molecule has 2 heteroatoms. The quantitative estimate of drug-likeness (QED) is 0.194. The van der Waals surface area contributed by atoms with Crippen LogP contribution in [-0.2, 0) is 5.41 Å². The Labute approximate surface area is 255 Å². The zero-order valence-electron chi connectivity index (χ0n) is 24.2. The Morgan fingerprint density at radius 3 is 1.93 bits per heavy atom. The average Bonchev–Trinajstić information content (AvgIpc) is 3.55. The lowest BCUT2D eigenvalue weighted by Crippen LogP contribution is -2.32. The van der Waals surface area contributed by atoms with Crippen molar-refractivity contribution in [1.29, 1.82) is 0 Å². The van der Waals surface area contributed by atoms with Crippen LogP contribution in [-0.4, -0.2) is 4.57 Å². The molecule has 0 radical (unpaired) electrons. The third-order valence-corrected chi connectivity index (χ3v) is 9.92. The number of aromatic nitrogens is 1.